The highest BCUT2D eigenvalue weighted by Crippen LogP contribution is 2.34. The highest BCUT2D eigenvalue weighted by Gasteiger charge is 2.38. The van der Waals surface area contributed by atoms with Crippen LogP contribution >= 0.6 is 0 Å². The second-order valence-electron chi connectivity index (χ2n) is 11.7. The molecule has 2 atom stereocenters. The van der Waals surface area contributed by atoms with Gasteiger partial charge in [0.15, 0.2) is 11.6 Å². The number of rotatable bonds is 10. The Hall–Kier alpha value is -3.38. The van der Waals surface area contributed by atoms with E-state index in [9.17, 15) is 4.39 Å². The monoisotopic (exact) mass is 539 g/mol. The first-order valence-electron chi connectivity index (χ1n) is 13.6. The predicted molar refractivity (Wildman–Crippen MR) is 146 cm³/mol. The SMILES string of the molecule is CCCN1[C@@H](C)C[C@@H](Nc2nc(Nc3ccc(OCC4(C)COC4)c(-n4cnnn4)c3)ncc2F)CC1(C)C. The summed E-state index contributed by atoms with van der Waals surface area (Å²) in [7, 11) is 0. The first-order valence-corrected chi connectivity index (χ1v) is 13.6. The van der Waals surface area contributed by atoms with Crippen molar-refractivity contribution in [3.63, 3.8) is 0 Å². The molecule has 12 heteroatoms. The van der Waals surface area contributed by atoms with E-state index in [0.717, 1.165) is 25.8 Å². The van der Waals surface area contributed by atoms with Gasteiger partial charge in [-0.05, 0) is 75.2 Å². The van der Waals surface area contributed by atoms with E-state index < -0.39 is 5.82 Å². The fourth-order valence-electron chi connectivity index (χ4n) is 5.62. The molecule has 0 radical (unpaired) electrons. The van der Waals surface area contributed by atoms with Crippen LogP contribution in [-0.2, 0) is 4.74 Å². The van der Waals surface area contributed by atoms with Crippen LogP contribution in [0.5, 0.6) is 5.75 Å². The number of ether oxygens (including phenoxy) is 2. The molecule has 210 valence electrons. The van der Waals surface area contributed by atoms with E-state index in [2.05, 4.69) is 75.6 Å². The van der Waals surface area contributed by atoms with Crippen molar-refractivity contribution >= 4 is 17.5 Å². The number of likely N-dealkylation sites (tertiary alicyclic amines) is 1. The Bertz CT molecular complexity index is 1270. The Labute approximate surface area is 228 Å². The molecule has 39 heavy (non-hydrogen) atoms. The van der Waals surface area contributed by atoms with Crippen LogP contribution in [0.15, 0.2) is 30.7 Å². The summed E-state index contributed by atoms with van der Waals surface area (Å²) in [5, 5.41) is 18.1. The fraction of sp³-hybridized carbons (Fsp3) is 0.593. The summed E-state index contributed by atoms with van der Waals surface area (Å²) >= 11 is 0. The van der Waals surface area contributed by atoms with E-state index >= 15 is 0 Å². The van der Waals surface area contributed by atoms with Crippen molar-refractivity contribution in [1.82, 2.24) is 35.1 Å². The van der Waals surface area contributed by atoms with Crippen LogP contribution in [0, 0.1) is 11.2 Å². The van der Waals surface area contributed by atoms with Gasteiger partial charge in [-0.15, -0.1) is 5.10 Å². The van der Waals surface area contributed by atoms with Gasteiger partial charge in [-0.2, -0.15) is 9.67 Å². The Morgan fingerprint density at radius 1 is 1.23 bits per heavy atom. The molecule has 2 aliphatic rings. The fourth-order valence-corrected chi connectivity index (χ4v) is 5.62. The van der Waals surface area contributed by atoms with Crippen LogP contribution in [0.2, 0.25) is 0 Å². The zero-order valence-electron chi connectivity index (χ0n) is 23.3. The molecule has 2 aliphatic heterocycles. The number of piperidine rings is 1. The van der Waals surface area contributed by atoms with Gasteiger partial charge in [0.1, 0.15) is 17.8 Å². The smallest absolute Gasteiger partial charge is 0.229 e. The summed E-state index contributed by atoms with van der Waals surface area (Å²) in [6.07, 6.45) is 5.62. The van der Waals surface area contributed by atoms with Crippen LogP contribution in [-0.4, -0.2) is 79.1 Å². The average Bonchev–Trinajstić information content (AvgIpc) is 3.41. The molecule has 0 spiro atoms. The zero-order valence-corrected chi connectivity index (χ0v) is 23.3. The van der Waals surface area contributed by atoms with E-state index in [4.69, 9.17) is 9.47 Å². The molecule has 0 amide bonds. The number of tetrazole rings is 1. The van der Waals surface area contributed by atoms with Crippen LogP contribution in [0.4, 0.5) is 21.8 Å². The molecule has 2 N–H and O–H groups in total. The van der Waals surface area contributed by atoms with Crippen molar-refractivity contribution < 1.29 is 13.9 Å². The lowest BCUT2D eigenvalue weighted by molar-refractivity contribution is -0.120. The van der Waals surface area contributed by atoms with Crippen molar-refractivity contribution in [3.8, 4) is 11.4 Å². The van der Waals surface area contributed by atoms with Gasteiger partial charge >= 0.3 is 0 Å². The van der Waals surface area contributed by atoms with E-state index in [1.54, 1.807) is 0 Å². The summed E-state index contributed by atoms with van der Waals surface area (Å²) in [5.41, 5.74) is 1.34. The van der Waals surface area contributed by atoms with Crippen LogP contribution < -0.4 is 15.4 Å². The van der Waals surface area contributed by atoms with Crippen LogP contribution in [0.25, 0.3) is 5.69 Å². The van der Waals surface area contributed by atoms with Crippen molar-refractivity contribution in [2.75, 3.05) is 37.0 Å². The van der Waals surface area contributed by atoms with Gasteiger partial charge in [0.25, 0.3) is 0 Å². The second-order valence-corrected chi connectivity index (χ2v) is 11.7. The van der Waals surface area contributed by atoms with Gasteiger partial charge in [-0.1, -0.05) is 13.8 Å². The molecule has 0 unspecified atom stereocenters. The van der Waals surface area contributed by atoms with E-state index in [1.165, 1.54) is 17.2 Å². The number of hydrogen-bond donors (Lipinski definition) is 2. The highest BCUT2D eigenvalue weighted by molar-refractivity contribution is 5.62. The molecule has 4 heterocycles. The number of nitrogens with zero attached hydrogens (tertiary/aromatic N) is 7. The Morgan fingerprint density at radius 2 is 2.05 bits per heavy atom. The van der Waals surface area contributed by atoms with Crippen LogP contribution in [0.3, 0.4) is 0 Å². The third-order valence-electron chi connectivity index (χ3n) is 7.52. The largest absolute Gasteiger partial charge is 0.491 e. The molecule has 0 bridgehead atoms. The quantitative estimate of drug-likeness (QED) is 0.388. The summed E-state index contributed by atoms with van der Waals surface area (Å²) in [5.74, 6) is 0.634. The average molecular weight is 540 g/mol. The number of nitrogens with one attached hydrogen (secondary N) is 2. The molecular formula is C27H38FN9O2. The normalized spacial score (nSPS) is 22.2. The summed E-state index contributed by atoms with van der Waals surface area (Å²) in [6.45, 7) is 14.0. The zero-order chi connectivity index (χ0) is 27.6. The maximum atomic E-state index is 14.8. The molecule has 3 aromatic rings. The van der Waals surface area contributed by atoms with Gasteiger partial charge in [0, 0.05) is 28.7 Å². The third-order valence-corrected chi connectivity index (χ3v) is 7.52. The van der Waals surface area contributed by atoms with Gasteiger partial charge in [-0.3, -0.25) is 4.90 Å². The van der Waals surface area contributed by atoms with E-state index in [0.29, 0.717) is 43.0 Å². The Morgan fingerprint density at radius 3 is 2.72 bits per heavy atom. The lowest BCUT2D eigenvalue weighted by Gasteiger charge is -2.50. The van der Waals surface area contributed by atoms with Crippen molar-refractivity contribution in [3.05, 3.63) is 36.5 Å². The van der Waals surface area contributed by atoms with Gasteiger partial charge in [0.05, 0.1) is 26.0 Å². The van der Waals surface area contributed by atoms with Crippen molar-refractivity contribution in [2.45, 2.75) is 71.5 Å². The molecule has 1 aromatic carbocycles. The molecule has 0 aliphatic carbocycles. The van der Waals surface area contributed by atoms with Gasteiger partial charge in [-0.25, -0.2) is 9.37 Å². The maximum Gasteiger partial charge on any atom is 0.229 e. The summed E-state index contributed by atoms with van der Waals surface area (Å²) in [6, 6.07) is 6.04. The molecule has 0 saturated carbocycles. The summed E-state index contributed by atoms with van der Waals surface area (Å²) in [4.78, 5) is 11.2. The number of aromatic nitrogens is 6. The van der Waals surface area contributed by atoms with Gasteiger partial charge in [0.2, 0.25) is 5.95 Å². The minimum Gasteiger partial charge on any atom is -0.491 e. The van der Waals surface area contributed by atoms with E-state index in [-0.39, 0.29) is 28.8 Å². The lowest BCUT2D eigenvalue weighted by Crippen LogP contribution is -2.57. The van der Waals surface area contributed by atoms with Crippen LogP contribution in [0.1, 0.15) is 53.9 Å². The Kier molecular flexibility index (Phi) is 7.68. The predicted octanol–water partition coefficient (Wildman–Crippen LogP) is 4.20. The number of benzene rings is 1. The minimum atomic E-state index is -0.478. The molecule has 11 nitrogen and oxygen atoms in total. The first kappa shape index (κ1) is 27.2. The molecule has 2 saturated heterocycles. The number of hydrogen-bond acceptors (Lipinski definition) is 10. The molecule has 5 rings (SSSR count). The maximum absolute atomic E-state index is 14.8. The third kappa shape index (κ3) is 6.11. The highest BCUT2D eigenvalue weighted by atomic mass is 19.1. The standard InChI is InChI=1S/C27H38FN9O2/c1-6-9-36-18(2)10-20(12-26(36,3)4)31-24-21(28)13-29-25(33-24)32-19-7-8-23(39-16-27(5)14-38-15-27)22(11-19)37-17-30-34-35-37/h7-8,11,13,17-18,20H,6,9-10,12,14-16H2,1-5H3,(H2,29,31,32,33)/t18-,20+/m0/s1. The van der Waals surface area contributed by atoms with Gasteiger partial charge < -0.3 is 20.1 Å². The summed E-state index contributed by atoms with van der Waals surface area (Å²) < 4.78 is 27.8. The molecule has 2 aromatic heterocycles. The Balaban J connectivity index is 1.32. The van der Waals surface area contributed by atoms with Crippen molar-refractivity contribution in [2.24, 2.45) is 5.41 Å². The second kappa shape index (κ2) is 11.0. The number of anilines is 3. The molecular weight excluding hydrogens is 501 g/mol. The molecule has 2 fully saturated rings. The first-order chi connectivity index (χ1) is 18.7. The number of halogens is 1. The van der Waals surface area contributed by atoms with Crippen molar-refractivity contribution in [1.29, 1.82) is 0 Å². The minimum absolute atomic E-state index is 0.00937. The van der Waals surface area contributed by atoms with E-state index in [1.807, 2.05) is 18.2 Å². The topological polar surface area (TPSA) is 115 Å². The lowest BCUT2D eigenvalue weighted by atomic mass is 9.83.